The van der Waals surface area contributed by atoms with Crippen LogP contribution in [0.4, 0.5) is 0 Å². The van der Waals surface area contributed by atoms with Crippen molar-refractivity contribution in [2.75, 3.05) is 5.75 Å². The van der Waals surface area contributed by atoms with E-state index in [-0.39, 0.29) is 10.7 Å². The first-order valence-corrected chi connectivity index (χ1v) is 7.73. The summed E-state index contributed by atoms with van der Waals surface area (Å²) in [6.45, 7) is 8.10. The van der Waals surface area contributed by atoms with Crippen molar-refractivity contribution in [3.05, 3.63) is 15.0 Å². The highest BCUT2D eigenvalue weighted by Gasteiger charge is 2.23. The lowest BCUT2D eigenvalue weighted by Crippen LogP contribution is -2.26. The maximum atomic E-state index is 11.9. The predicted octanol–water partition coefficient (Wildman–Crippen LogP) is 3.56. The molecule has 2 atom stereocenters. The zero-order valence-corrected chi connectivity index (χ0v) is 12.6. The average Bonchev–Trinajstić information content (AvgIpc) is 2.50. The molecule has 1 aromatic rings. The Morgan fingerprint density at radius 1 is 1.60 bits per heavy atom. The van der Waals surface area contributed by atoms with Crippen LogP contribution in [0.1, 0.15) is 38.6 Å². The van der Waals surface area contributed by atoms with Gasteiger partial charge in [-0.25, -0.2) is 4.98 Å². The SMILES string of the molecule is CC(CS(=O)C(C)(C)C)c1ncc(Br)s1. The molecular formula is C10H16BrNOS2. The van der Waals surface area contributed by atoms with Crippen LogP contribution in [0.2, 0.25) is 0 Å². The summed E-state index contributed by atoms with van der Waals surface area (Å²) in [5.74, 6) is 0.949. The number of hydrogen-bond acceptors (Lipinski definition) is 3. The van der Waals surface area contributed by atoms with E-state index in [2.05, 4.69) is 27.8 Å². The molecule has 0 aliphatic heterocycles. The van der Waals surface area contributed by atoms with Gasteiger partial charge in [-0.2, -0.15) is 0 Å². The lowest BCUT2D eigenvalue weighted by Gasteiger charge is -2.19. The molecule has 5 heteroatoms. The minimum Gasteiger partial charge on any atom is -0.259 e. The van der Waals surface area contributed by atoms with Gasteiger partial charge in [0.2, 0.25) is 0 Å². The Bertz CT molecular complexity index is 357. The van der Waals surface area contributed by atoms with Crippen LogP contribution in [0.25, 0.3) is 0 Å². The molecule has 0 bridgehead atoms. The zero-order valence-electron chi connectivity index (χ0n) is 9.41. The van der Waals surface area contributed by atoms with Crippen LogP contribution in [0.3, 0.4) is 0 Å². The average molecular weight is 310 g/mol. The van der Waals surface area contributed by atoms with Gasteiger partial charge >= 0.3 is 0 Å². The van der Waals surface area contributed by atoms with Gasteiger partial charge in [0.05, 0.1) is 15.0 Å². The molecule has 1 aromatic heterocycles. The molecule has 0 fully saturated rings. The fourth-order valence-corrected chi connectivity index (χ4v) is 3.56. The zero-order chi connectivity index (χ0) is 11.6. The minimum absolute atomic E-state index is 0.136. The molecule has 0 aliphatic carbocycles. The van der Waals surface area contributed by atoms with E-state index < -0.39 is 10.8 Å². The van der Waals surface area contributed by atoms with Crippen LogP contribution in [-0.2, 0) is 10.8 Å². The number of hydrogen-bond donors (Lipinski definition) is 0. The Labute approximate surface area is 106 Å². The second-order valence-electron chi connectivity index (χ2n) is 4.53. The van der Waals surface area contributed by atoms with Crippen molar-refractivity contribution in [3.63, 3.8) is 0 Å². The lowest BCUT2D eigenvalue weighted by atomic mass is 10.2. The van der Waals surface area contributed by atoms with Gasteiger partial charge in [-0.3, -0.25) is 4.21 Å². The quantitative estimate of drug-likeness (QED) is 0.854. The van der Waals surface area contributed by atoms with E-state index in [4.69, 9.17) is 0 Å². The number of halogens is 1. The van der Waals surface area contributed by atoms with Crippen molar-refractivity contribution in [2.45, 2.75) is 38.4 Å². The van der Waals surface area contributed by atoms with Gasteiger partial charge < -0.3 is 0 Å². The van der Waals surface area contributed by atoms with E-state index in [1.54, 1.807) is 17.5 Å². The Hall–Kier alpha value is 0.260. The van der Waals surface area contributed by atoms with Crippen molar-refractivity contribution >= 4 is 38.1 Å². The van der Waals surface area contributed by atoms with Crippen LogP contribution in [0.5, 0.6) is 0 Å². The molecule has 2 nitrogen and oxygen atoms in total. The van der Waals surface area contributed by atoms with Crippen molar-refractivity contribution in [1.82, 2.24) is 4.98 Å². The first kappa shape index (κ1) is 13.3. The van der Waals surface area contributed by atoms with Crippen LogP contribution in [0, 0.1) is 0 Å². The molecule has 0 radical (unpaired) electrons. The summed E-state index contributed by atoms with van der Waals surface area (Å²) in [4.78, 5) is 4.29. The summed E-state index contributed by atoms with van der Waals surface area (Å²) in [6.07, 6.45) is 1.80. The number of thiazole rings is 1. The molecule has 1 rings (SSSR count). The van der Waals surface area contributed by atoms with E-state index in [1.807, 2.05) is 20.8 Å². The van der Waals surface area contributed by atoms with Gasteiger partial charge in [-0.1, -0.05) is 6.92 Å². The van der Waals surface area contributed by atoms with Gasteiger partial charge in [0.25, 0.3) is 0 Å². The van der Waals surface area contributed by atoms with E-state index in [0.717, 1.165) is 8.79 Å². The first-order valence-electron chi connectivity index (χ1n) is 4.80. The third-order valence-corrected chi connectivity index (χ3v) is 5.88. The molecule has 15 heavy (non-hydrogen) atoms. The minimum atomic E-state index is -0.807. The molecule has 2 unspecified atom stereocenters. The summed E-state index contributed by atoms with van der Waals surface area (Å²) in [6, 6.07) is 0. The molecule has 0 aromatic carbocycles. The van der Waals surface area contributed by atoms with E-state index >= 15 is 0 Å². The Kier molecular flexibility index (Phi) is 4.50. The number of nitrogens with zero attached hydrogens (tertiary/aromatic N) is 1. The fourth-order valence-electron chi connectivity index (χ4n) is 1.04. The smallest absolute Gasteiger partial charge is 0.0974 e. The molecule has 86 valence electrons. The summed E-state index contributed by atoms with van der Waals surface area (Å²) >= 11 is 5.01. The maximum Gasteiger partial charge on any atom is 0.0974 e. The van der Waals surface area contributed by atoms with E-state index in [1.165, 1.54) is 0 Å². The molecular weight excluding hydrogens is 294 g/mol. The van der Waals surface area contributed by atoms with Crippen LogP contribution in [0.15, 0.2) is 9.98 Å². The normalized spacial score (nSPS) is 16.3. The predicted molar refractivity (Wildman–Crippen MR) is 71.0 cm³/mol. The fraction of sp³-hybridized carbons (Fsp3) is 0.700. The van der Waals surface area contributed by atoms with E-state index in [0.29, 0.717) is 5.75 Å². The van der Waals surface area contributed by atoms with Crippen molar-refractivity contribution < 1.29 is 4.21 Å². The van der Waals surface area contributed by atoms with Crippen molar-refractivity contribution in [2.24, 2.45) is 0 Å². The third kappa shape index (κ3) is 3.96. The molecule has 0 N–H and O–H groups in total. The monoisotopic (exact) mass is 309 g/mol. The summed E-state index contributed by atoms with van der Waals surface area (Å²) < 4.78 is 12.8. The van der Waals surface area contributed by atoms with Crippen LogP contribution in [-0.4, -0.2) is 19.7 Å². The van der Waals surface area contributed by atoms with Crippen molar-refractivity contribution in [1.29, 1.82) is 0 Å². The van der Waals surface area contributed by atoms with Gasteiger partial charge in [-0.15, -0.1) is 11.3 Å². The van der Waals surface area contributed by atoms with E-state index in [9.17, 15) is 4.21 Å². The summed E-state index contributed by atoms with van der Waals surface area (Å²) in [7, 11) is -0.807. The van der Waals surface area contributed by atoms with Gasteiger partial charge in [0, 0.05) is 27.2 Å². The lowest BCUT2D eigenvalue weighted by molar-refractivity contribution is 0.642. The number of aromatic nitrogens is 1. The highest BCUT2D eigenvalue weighted by Crippen LogP contribution is 2.27. The topological polar surface area (TPSA) is 30.0 Å². The molecule has 0 amide bonds. The van der Waals surface area contributed by atoms with Gasteiger partial charge in [0.1, 0.15) is 0 Å². The van der Waals surface area contributed by atoms with Crippen molar-refractivity contribution in [3.8, 4) is 0 Å². The summed E-state index contributed by atoms with van der Waals surface area (Å²) in [5, 5.41) is 1.06. The number of rotatable bonds is 3. The largest absolute Gasteiger partial charge is 0.259 e. The highest BCUT2D eigenvalue weighted by atomic mass is 79.9. The highest BCUT2D eigenvalue weighted by molar-refractivity contribution is 9.11. The second kappa shape index (κ2) is 5.06. The van der Waals surface area contributed by atoms with Gasteiger partial charge in [0.15, 0.2) is 0 Å². The molecule has 0 saturated heterocycles. The Morgan fingerprint density at radius 3 is 2.60 bits per heavy atom. The maximum absolute atomic E-state index is 11.9. The molecule has 0 saturated carbocycles. The van der Waals surface area contributed by atoms with Crippen LogP contribution < -0.4 is 0 Å². The summed E-state index contributed by atoms with van der Waals surface area (Å²) in [5.41, 5.74) is 0. The Morgan fingerprint density at radius 2 is 2.20 bits per heavy atom. The third-order valence-electron chi connectivity index (χ3n) is 2.00. The first-order chi connectivity index (χ1) is 6.80. The molecule has 1 heterocycles. The van der Waals surface area contributed by atoms with Gasteiger partial charge in [-0.05, 0) is 36.7 Å². The molecule has 0 spiro atoms. The van der Waals surface area contributed by atoms with Crippen LogP contribution >= 0.6 is 27.3 Å². The molecule has 0 aliphatic rings. The second-order valence-corrected chi connectivity index (χ2v) is 9.22. The Balaban J connectivity index is 2.64. The standard InChI is InChI=1S/C10H16BrNOS2/c1-7(6-15(13)10(2,3)4)9-12-5-8(11)14-9/h5,7H,6H2,1-4H3.